The lowest BCUT2D eigenvalue weighted by molar-refractivity contribution is -0.141. The number of ether oxygens (including phenoxy) is 1. The first-order valence-electron chi connectivity index (χ1n) is 5.03. The van der Waals surface area contributed by atoms with Crippen LogP contribution in [0.3, 0.4) is 0 Å². The molecular formula is C11H16N2O3. The molecule has 1 heterocycles. The lowest BCUT2D eigenvalue weighted by Crippen LogP contribution is -2.42. The van der Waals surface area contributed by atoms with Gasteiger partial charge >= 0.3 is 5.97 Å². The second-order valence-electron chi connectivity index (χ2n) is 3.71. The molecular weight excluding hydrogens is 208 g/mol. The second-order valence-corrected chi connectivity index (χ2v) is 3.71. The van der Waals surface area contributed by atoms with Crippen molar-refractivity contribution in [1.82, 2.24) is 4.98 Å². The van der Waals surface area contributed by atoms with Crippen LogP contribution in [0.5, 0.6) is 5.88 Å². The Labute approximate surface area is 94.5 Å². The Hall–Kier alpha value is -1.78. The zero-order valence-electron chi connectivity index (χ0n) is 9.65. The monoisotopic (exact) mass is 224 g/mol. The van der Waals surface area contributed by atoms with Crippen molar-refractivity contribution >= 4 is 11.7 Å². The van der Waals surface area contributed by atoms with Gasteiger partial charge in [-0.05, 0) is 19.4 Å². The van der Waals surface area contributed by atoms with E-state index in [-0.39, 0.29) is 0 Å². The van der Waals surface area contributed by atoms with E-state index in [4.69, 9.17) is 9.84 Å². The Balaban J connectivity index is 2.82. The van der Waals surface area contributed by atoms with Gasteiger partial charge in [-0.25, -0.2) is 9.78 Å². The quantitative estimate of drug-likeness (QED) is 0.797. The summed E-state index contributed by atoms with van der Waals surface area (Å²) in [5.74, 6) is -0.384. The van der Waals surface area contributed by atoms with Crippen molar-refractivity contribution in [3.05, 3.63) is 18.3 Å². The van der Waals surface area contributed by atoms with Crippen molar-refractivity contribution in [2.24, 2.45) is 0 Å². The van der Waals surface area contributed by atoms with Gasteiger partial charge in [0, 0.05) is 6.07 Å². The normalized spacial score (nSPS) is 13.9. The SMILES string of the molecule is CCC(C)(Nc1ccc(OC)nc1)C(=O)O. The zero-order valence-corrected chi connectivity index (χ0v) is 9.65. The predicted molar refractivity (Wildman–Crippen MR) is 60.7 cm³/mol. The Morgan fingerprint density at radius 1 is 1.62 bits per heavy atom. The highest BCUT2D eigenvalue weighted by Crippen LogP contribution is 2.19. The third-order valence-corrected chi connectivity index (χ3v) is 2.54. The van der Waals surface area contributed by atoms with Gasteiger partial charge in [-0.1, -0.05) is 6.92 Å². The molecule has 1 aromatic rings. The van der Waals surface area contributed by atoms with E-state index in [1.807, 2.05) is 6.92 Å². The first-order valence-corrected chi connectivity index (χ1v) is 5.03. The maximum absolute atomic E-state index is 11.1. The maximum Gasteiger partial charge on any atom is 0.329 e. The fourth-order valence-corrected chi connectivity index (χ4v) is 1.19. The van der Waals surface area contributed by atoms with Gasteiger partial charge in [0.1, 0.15) is 5.54 Å². The van der Waals surface area contributed by atoms with E-state index in [0.717, 1.165) is 0 Å². The zero-order chi connectivity index (χ0) is 12.2. The number of carboxylic acids is 1. The number of aromatic nitrogens is 1. The highest BCUT2D eigenvalue weighted by Gasteiger charge is 2.30. The summed E-state index contributed by atoms with van der Waals surface area (Å²) in [6.07, 6.45) is 2.03. The predicted octanol–water partition coefficient (Wildman–Crippen LogP) is 1.76. The molecule has 0 radical (unpaired) electrons. The van der Waals surface area contributed by atoms with Crippen LogP contribution in [0, 0.1) is 0 Å². The number of rotatable bonds is 5. The van der Waals surface area contributed by atoms with Crippen molar-refractivity contribution in [3.8, 4) is 5.88 Å². The van der Waals surface area contributed by atoms with Crippen LogP contribution in [0.2, 0.25) is 0 Å². The minimum Gasteiger partial charge on any atom is -0.481 e. The molecule has 1 unspecified atom stereocenters. The van der Waals surface area contributed by atoms with Crippen LogP contribution >= 0.6 is 0 Å². The second kappa shape index (κ2) is 4.83. The number of nitrogens with one attached hydrogen (secondary N) is 1. The number of nitrogens with zero attached hydrogens (tertiary/aromatic N) is 1. The highest BCUT2D eigenvalue weighted by molar-refractivity contribution is 5.82. The van der Waals surface area contributed by atoms with Gasteiger partial charge in [0.15, 0.2) is 0 Å². The van der Waals surface area contributed by atoms with Crippen molar-refractivity contribution in [3.63, 3.8) is 0 Å². The molecule has 0 saturated carbocycles. The molecule has 5 nitrogen and oxygen atoms in total. The number of pyridine rings is 1. The van der Waals surface area contributed by atoms with E-state index < -0.39 is 11.5 Å². The van der Waals surface area contributed by atoms with E-state index in [2.05, 4.69) is 10.3 Å². The van der Waals surface area contributed by atoms with E-state index in [9.17, 15) is 4.79 Å². The Morgan fingerprint density at radius 3 is 2.69 bits per heavy atom. The third-order valence-electron chi connectivity index (χ3n) is 2.54. The Morgan fingerprint density at radius 2 is 2.31 bits per heavy atom. The largest absolute Gasteiger partial charge is 0.481 e. The van der Waals surface area contributed by atoms with Crippen LogP contribution in [-0.4, -0.2) is 28.7 Å². The fraction of sp³-hybridized carbons (Fsp3) is 0.455. The van der Waals surface area contributed by atoms with E-state index in [0.29, 0.717) is 18.0 Å². The summed E-state index contributed by atoms with van der Waals surface area (Å²) in [6, 6.07) is 3.42. The van der Waals surface area contributed by atoms with Crippen molar-refractivity contribution < 1.29 is 14.6 Å². The average molecular weight is 224 g/mol. The minimum absolute atomic E-state index is 0.481. The van der Waals surface area contributed by atoms with Crippen LogP contribution < -0.4 is 10.1 Å². The van der Waals surface area contributed by atoms with Crippen LogP contribution in [0.15, 0.2) is 18.3 Å². The molecule has 0 bridgehead atoms. The molecule has 88 valence electrons. The number of methoxy groups -OCH3 is 1. The summed E-state index contributed by atoms with van der Waals surface area (Å²) >= 11 is 0. The minimum atomic E-state index is -0.976. The fourth-order valence-electron chi connectivity index (χ4n) is 1.19. The lowest BCUT2D eigenvalue weighted by atomic mass is 9.99. The number of carbonyl (C=O) groups is 1. The van der Waals surface area contributed by atoms with Gasteiger partial charge < -0.3 is 15.2 Å². The molecule has 0 aliphatic heterocycles. The summed E-state index contributed by atoms with van der Waals surface area (Å²) < 4.78 is 4.92. The Kier molecular flexibility index (Phi) is 3.71. The van der Waals surface area contributed by atoms with Gasteiger partial charge in [-0.15, -0.1) is 0 Å². The maximum atomic E-state index is 11.1. The smallest absolute Gasteiger partial charge is 0.329 e. The van der Waals surface area contributed by atoms with Gasteiger partial charge in [-0.3, -0.25) is 0 Å². The van der Waals surface area contributed by atoms with Crippen molar-refractivity contribution in [2.45, 2.75) is 25.8 Å². The van der Waals surface area contributed by atoms with Crippen molar-refractivity contribution in [2.75, 3.05) is 12.4 Å². The van der Waals surface area contributed by atoms with Crippen LogP contribution in [0.4, 0.5) is 5.69 Å². The number of aliphatic carboxylic acids is 1. The standard InChI is InChI=1S/C11H16N2O3/c1-4-11(2,10(14)15)13-8-5-6-9(16-3)12-7-8/h5-7,13H,4H2,1-3H3,(H,14,15). The first-order chi connectivity index (χ1) is 7.51. The summed E-state index contributed by atoms with van der Waals surface area (Å²) in [5.41, 5.74) is -0.316. The lowest BCUT2D eigenvalue weighted by Gasteiger charge is -2.25. The molecule has 16 heavy (non-hydrogen) atoms. The summed E-state index contributed by atoms with van der Waals surface area (Å²) in [4.78, 5) is 15.1. The van der Waals surface area contributed by atoms with Crippen LogP contribution in [-0.2, 0) is 4.79 Å². The molecule has 0 aromatic carbocycles. The summed E-state index contributed by atoms with van der Waals surface area (Å²) in [7, 11) is 1.53. The molecule has 5 heteroatoms. The summed E-state index contributed by atoms with van der Waals surface area (Å²) in [5, 5.41) is 12.0. The number of carboxylic acid groups (broad SMARTS) is 1. The highest BCUT2D eigenvalue weighted by atomic mass is 16.5. The molecule has 1 aromatic heterocycles. The molecule has 0 saturated heterocycles. The first kappa shape index (κ1) is 12.3. The molecule has 1 rings (SSSR count). The molecule has 0 aliphatic rings. The van der Waals surface area contributed by atoms with Gasteiger partial charge in [0.25, 0.3) is 0 Å². The summed E-state index contributed by atoms with van der Waals surface area (Å²) in [6.45, 7) is 3.46. The molecule has 2 N–H and O–H groups in total. The number of hydrogen-bond acceptors (Lipinski definition) is 4. The number of hydrogen-bond donors (Lipinski definition) is 2. The third kappa shape index (κ3) is 2.62. The molecule has 0 spiro atoms. The molecule has 0 amide bonds. The Bertz CT molecular complexity index is 364. The van der Waals surface area contributed by atoms with Crippen molar-refractivity contribution in [1.29, 1.82) is 0 Å². The molecule has 1 atom stereocenters. The van der Waals surface area contributed by atoms with E-state index in [1.165, 1.54) is 7.11 Å². The van der Waals surface area contributed by atoms with Crippen LogP contribution in [0.25, 0.3) is 0 Å². The topological polar surface area (TPSA) is 71.5 Å². The van der Waals surface area contributed by atoms with E-state index >= 15 is 0 Å². The molecule has 0 fully saturated rings. The van der Waals surface area contributed by atoms with Crippen LogP contribution in [0.1, 0.15) is 20.3 Å². The number of anilines is 1. The van der Waals surface area contributed by atoms with Gasteiger partial charge in [-0.2, -0.15) is 0 Å². The molecule has 0 aliphatic carbocycles. The average Bonchev–Trinajstić information content (AvgIpc) is 2.29. The van der Waals surface area contributed by atoms with E-state index in [1.54, 1.807) is 25.3 Å². The van der Waals surface area contributed by atoms with Gasteiger partial charge in [0.05, 0.1) is 19.0 Å². The van der Waals surface area contributed by atoms with Gasteiger partial charge in [0.2, 0.25) is 5.88 Å².